The lowest BCUT2D eigenvalue weighted by molar-refractivity contribution is -0.132. The standard InChI is InChI=1S/C21H26FN3O3/c1-4-25(14-20(26)23-18-6-5-7-19(12-18)28-3)15-21(27)24(2)13-16-8-10-17(22)11-9-16/h5-12H,4,13-15H2,1-3H3,(H,23,26). The van der Waals surface area contributed by atoms with Crippen LogP contribution in [-0.2, 0) is 16.1 Å². The third-order valence-corrected chi connectivity index (χ3v) is 4.29. The summed E-state index contributed by atoms with van der Waals surface area (Å²) in [6, 6.07) is 13.1. The summed E-state index contributed by atoms with van der Waals surface area (Å²) >= 11 is 0. The molecule has 0 atom stereocenters. The van der Waals surface area contributed by atoms with Gasteiger partial charge < -0.3 is 15.0 Å². The summed E-state index contributed by atoms with van der Waals surface area (Å²) < 4.78 is 18.1. The fourth-order valence-corrected chi connectivity index (χ4v) is 2.65. The van der Waals surface area contributed by atoms with Gasteiger partial charge >= 0.3 is 0 Å². The van der Waals surface area contributed by atoms with Crippen molar-refractivity contribution in [3.05, 3.63) is 59.9 Å². The molecule has 0 radical (unpaired) electrons. The maximum Gasteiger partial charge on any atom is 0.238 e. The second-order valence-corrected chi connectivity index (χ2v) is 6.46. The first-order valence-corrected chi connectivity index (χ1v) is 9.06. The summed E-state index contributed by atoms with van der Waals surface area (Å²) in [5.41, 5.74) is 1.48. The van der Waals surface area contributed by atoms with E-state index in [0.717, 1.165) is 5.56 Å². The second-order valence-electron chi connectivity index (χ2n) is 6.46. The Labute approximate surface area is 164 Å². The van der Waals surface area contributed by atoms with Gasteiger partial charge in [-0.15, -0.1) is 0 Å². The van der Waals surface area contributed by atoms with Gasteiger partial charge in [0.15, 0.2) is 0 Å². The van der Waals surface area contributed by atoms with Gasteiger partial charge in [0.25, 0.3) is 0 Å². The number of halogens is 1. The molecule has 0 bridgehead atoms. The van der Waals surface area contributed by atoms with Crippen LogP contribution in [0.25, 0.3) is 0 Å². The number of rotatable bonds is 9. The van der Waals surface area contributed by atoms with Crippen LogP contribution in [0.3, 0.4) is 0 Å². The summed E-state index contributed by atoms with van der Waals surface area (Å²) in [6.45, 7) is 3.06. The van der Waals surface area contributed by atoms with Crippen molar-refractivity contribution in [2.75, 3.05) is 39.1 Å². The lowest BCUT2D eigenvalue weighted by atomic mass is 10.2. The van der Waals surface area contributed by atoms with E-state index >= 15 is 0 Å². The molecule has 6 nitrogen and oxygen atoms in total. The molecule has 0 fully saturated rings. The van der Waals surface area contributed by atoms with E-state index in [-0.39, 0.29) is 30.7 Å². The molecule has 150 valence electrons. The Balaban J connectivity index is 1.86. The monoisotopic (exact) mass is 387 g/mol. The Kier molecular flexibility index (Phi) is 7.95. The van der Waals surface area contributed by atoms with Gasteiger partial charge in [0.05, 0.1) is 20.2 Å². The van der Waals surface area contributed by atoms with Gasteiger partial charge in [-0.05, 0) is 36.4 Å². The first kappa shape index (κ1) is 21.4. The molecule has 0 aromatic heterocycles. The maximum absolute atomic E-state index is 13.0. The van der Waals surface area contributed by atoms with E-state index in [2.05, 4.69) is 5.32 Å². The Hall–Kier alpha value is -2.93. The van der Waals surface area contributed by atoms with Crippen LogP contribution >= 0.6 is 0 Å². The van der Waals surface area contributed by atoms with Crippen molar-refractivity contribution < 1.29 is 18.7 Å². The van der Waals surface area contributed by atoms with Gasteiger partial charge in [-0.2, -0.15) is 0 Å². The highest BCUT2D eigenvalue weighted by Crippen LogP contribution is 2.16. The number of carbonyl (C=O) groups is 2. The SMILES string of the molecule is CCN(CC(=O)Nc1cccc(OC)c1)CC(=O)N(C)Cc1ccc(F)cc1. The van der Waals surface area contributed by atoms with E-state index in [1.807, 2.05) is 6.92 Å². The Morgan fingerprint density at radius 2 is 1.82 bits per heavy atom. The quantitative estimate of drug-likeness (QED) is 0.719. The molecule has 2 amide bonds. The molecule has 0 aliphatic rings. The topological polar surface area (TPSA) is 61.9 Å². The minimum absolute atomic E-state index is 0.101. The zero-order valence-corrected chi connectivity index (χ0v) is 16.4. The van der Waals surface area contributed by atoms with Crippen molar-refractivity contribution in [3.8, 4) is 5.75 Å². The molecule has 2 rings (SSSR count). The first-order chi connectivity index (χ1) is 13.4. The van der Waals surface area contributed by atoms with Crippen LogP contribution in [0.1, 0.15) is 12.5 Å². The van der Waals surface area contributed by atoms with E-state index in [1.54, 1.807) is 60.4 Å². The lowest BCUT2D eigenvalue weighted by Crippen LogP contribution is -2.41. The van der Waals surface area contributed by atoms with Gasteiger partial charge in [-0.3, -0.25) is 14.5 Å². The molecule has 0 heterocycles. The van der Waals surface area contributed by atoms with Gasteiger partial charge in [0, 0.05) is 25.3 Å². The number of benzene rings is 2. The molecule has 2 aromatic carbocycles. The summed E-state index contributed by atoms with van der Waals surface area (Å²) in [7, 11) is 3.25. The molecule has 0 saturated carbocycles. The number of anilines is 1. The van der Waals surface area contributed by atoms with Crippen molar-refractivity contribution in [3.63, 3.8) is 0 Å². The van der Waals surface area contributed by atoms with Crippen LogP contribution < -0.4 is 10.1 Å². The number of methoxy groups -OCH3 is 1. The van der Waals surface area contributed by atoms with E-state index in [9.17, 15) is 14.0 Å². The van der Waals surface area contributed by atoms with Crippen molar-refractivity contribution in [1.29, 1.82) is 0 Å². The van der Waals surface area contributed by atoms with E-state index < -0.39 is 0 Å². The zero-order chi connectivity index (χ0) is 20.5. The molecule has 0 unspecified atom stereocenters. The van der Waals surface area contributed by atoms with Gasteiger partial charge in [0.1, 0.15) is 11.6 Å². The lowest BCUT2D eigenvalue weighted by Gasteiger charge is -2.23. The molecular formula is C21H26FN3O3. The largest absolute Gasteiger partial charge is 0.497 e. The number of amides is 2. The number of hydrogen-bond donors (Lipinski definition) is 1. The Morgan fingerprint density at radius 1 is 1.11 bits per heavy atom. The second kappa shape index (κ2) is 10.4. The van der Waals surface area contributed by atoms with Crippen LogP contribution in [0.5, 0.6) is 5.75 Å². The smallest absolute Gasteiger partial charge is 0.238 e. The maximum atomic E-state index is 13.0. The summed E-state index contributed by atoms with van der Waals surface area (Å²) in [5, 5.41) is 2.81. The fourth-order valence-electron chi connectivity index (χ4n) is 2.65. The summed E-state index contributed by atoms with van der Waals surface area (Å²) in [6.07, 6.45) is 0. The number of nitrogens with zero attached hydrogens (tertiary/aromatic N) is 2. The molecule has 0 spiro atoms. The van der Waals surface area contributed by atoms with Crippen LogP contribution in [-0.4, -0.2) is 55.4 Å². The zero-order valence-electron chi connectivity index (χ0n) is 16.4. The number of hydrogen-bond acceptors (Lipinski definition) is 4. The van der Waals surface area contributed by atoms with Crippen molar-refractivity contribution in [2.24, 2.45) is 0 Å². The highest BCUT2D eigenvalue weighted by Gasteiger charge is 2.16. The average molecular weight is 387 g/mol. The third kappa shape index (κ3) is 6.66. The van der Waals surface area contributed by atoms with Crippen molar-refractivity contribution in [2.45, 2.75) is 13.5 Å². The highest BCUT2D eigenvalue weighted by atomic mass is 19.1. The normalized spacial score (nSPS) is 10.6. The van der Waals surface area contributed by atoms with E-state index in [4.69, 9.17) is 4.74 Å². The predicted octanol–water partition coefficient (Wildman–Crippen LogP) is 2.75. The molecule has 0 aliphatic carbocycles. The summed E-state index contributed by atoms with van der Waals surface area (Å²) in [5.74, 6) is 0.0316. The number of likely N-dealkylation sites (N-methyl/N-ethyl adjacent to an activating group) is 2. The highest BCUT2D eigenvalue weighted by molar-refractivity contribution is 5.92. The van der Waals surface area contributed by atoms with E-state index in [0.29, 0.717) is 24.5 Å². The molecule has 0 saturated heterocycles. The van der Waals surface area contributed by atoms with E-state index in [1.165, 1.54) is 12.1 Å². The molecule has 1 N–H and O–H groups in total. The van der Waals surface area contributed by atoms with Crippen molar-refractivity contribution in [1.82, 2.24) is 9.80 Å². The fraction of sp³-hybridized carbons (Fsp3) is 0.333. The van der Waals surface area contributed by atoms with Gasteiger partial charge in [0.2, 0.25) is 11.8 Å². The molecule has 28 heavy (non-hydrogen) atoms. The van der Waals surface area contributed by atoms with Crippen LogP contribution in [0.2, 0.25) is 0 Å². The number of nitrogens with one attached hydrogen (secondary N) is 1. The predicted molar refractivity (Wildman–Crippen MR) is 107 cm³/mol. The van der Waals surface area contributed by atoms with Crippen LogP contribution in [0.15, 0.2) is 48.5 Å². The molecular weight excluding hydrogens is 361 g/mol. The minimum atomic E-state index is -0.308. The van der Waals surface area contributed by atoms with Crippen LogP contribution in [0, 0.1) is 5.82 Å². The Bertz CT molecular complexity index is 796. The minimum Gasteiger partial charge on any atom is -0.497 e. The Morgan fingerprint density at radius 3 is 2.46 bits per heavy atom. The summed E-state index contributed by atoms with van der Waals surface area (Å²) in [4.78, 5) is 28.1. The average Bonchev–Trinajstić information content (AvgIpc) is 2.69. The first-order valence-electron chi connectivity index (χ1n) is 9.06. The number of carbonyl (C=O) groups excluding carboxylic acids is 2. The van der Waals surface area contributed by atoms with Gasteiger partial charge in [-0.25, -0.2) is 4.39 Å². The van der Waals surface area contributed by atoms with Crippen LogP contribution in [0.4, 0.5) is 10.1 Å². The molecule has 7 heteroatoms. The molecule has 2 aromatic rings. The van der Waals surface area contributed by atoms with Crippen molar-refractivity contribution >= 4 is 17.5 Å². The van der Waals surface area contributed by atoms with Gasteiger partial charge in [-0.1, -0.05) is 25.1 Å². The number of ether oxygens (including phenoxy) is 1. The third-order valence-electron chi connectivity index (χ3n) is 4.29. The molecule has 0 aliphatic heterocycles.